The summed E-state index contributed by atoms with van der Waals surface area (Å²) in [6.45, 7) is 10.5. The fourth-order valence-corrected chi connectivity index (χ4v) is 1.92. The molecule has 0 heterocycles. The monoisotopic (exact) mass is 323 g/mol. The third-order valence-electron chi connectivity index (χ3n) is 2.93. The molecule has 1 aromatic carbocycles. The topological polar surface area (TPSA) is 62.4 Å². The Hall–Kier alpha value is -1.82. The van der Waals surface area contributed by atoms with Crippen LogP contribution in [-0.2, 0) is 4.74 Å². The largest absolute Gasteiger partial charge is 0.444 e. The molecule has 0 spiro atoms. The molecule has 5 nitrogen and oxygen atoms in total. The Morgan fingerprint density at radius 1 is 1.18 bits per heavy atom. The van der Waals surface area contributed by atoms with Gasteiger partial charge in [-0.05, 0) is 64.0 Å². The smallest absolute Gasteiger partial charge is 0.407 e. The van der Waals surface area contributed by atoms with E-state index in [1.807, 2.05) is 39.8 Å². The van der Waals surface area contributed by atoms with Crippen LogP contribution in [0.2, 0.25) is 0 Å². The minimum absolute atomic E-state index is 0.428. The number of hydrogen-bond acceptors (Lipinski definition) is 3. The summed E-state index contributed by atoms with van der Waals surface area (Å²) in [4.78, 5) is 11.5. The van der Waals surface area contributed by atoms with Crippen LogP contribution in [0.15, 0.2) is 18.2 Å². The van der Waals surface area contributed by atoms with Crippen molar-refractivity contribution < 1.29 is 9.53 Å². The first-order valence-electron chi connectivity index (χ1n) is 7.27. The van der Waals surface area contributed by atoms with Gasteiger partial charge in [-0.15, -0.1) is 0 Å². The van der Waals surface area contributed by atoms with E-state index in [-0.39, 0.29) is 0 Å². The van der Waals surface area contributed by atoms with Crippen molar-refractivity contribution in [2.45, 2.75) is 40.2 Å². The van der Waals surface area contributed by atoms with E-state index in [9.17, 15) is 4.79 Å². The fourth-order valence-electron chi connectivity index (χ4n) is 1.71. The van der Waals surface area contributed by atoms with Crippen LogP contribution in [0.5, 0.6) is 0 Å². The van der Waals surface area contributed by atoms with Crippen molar-refractivity contribution in [1.82, 2.24) is 10.6 Å². The summed E-state index contributed by atoms with van der Waals surface area (Å²) in [7, 11) is 0. The zero-order chi connectivity index (χ0) is 16.8. The Bertz CT molecular complexity index is 539. The van der Waals surface area contributed by atoms with E-state index < -0.39 is 11.7 Å². The molecule has 0 fully saturated rings. The molecule has 122 valence electrons. The Morgan fingerprint density at radius 2 is 1.82 bits per heavy atom. The number of rotatable bonds is 4. The lowest BCUT2D eigenvalue weighted by Crippen LogP contribution is -2.39. The van der Waals surface area contributed by atoms with Gasteiger partial charge >= 0.3 is 6.09 Å². The third kappa shape index (κ3) is 6.76. The summed E-state index contributed by atoms with van der Waals surface area (Å²) in [5.41, 5.74) is 2.87. The molecule has 0 aliphatic rings. The van der Waals surface area contributed by atoms with Gasteiger partial charge < -0.3 is 20.7 Å². The molecule has 1 aromatic rings. The Morgan fingerprint density at radius 3 is 2.45 bits per heavy atom. The van der Waals surface area contributed by atoms with Gasteiger partial charge in [0, 0.05) is 18.8 Å². The normalized spacial score (nSPS) is 10.8. The summed E-state index contributed by atoms with van der Waals surface area (Å²) in [5, 5.41) is 9.40. The molecule has 0 saturated carbocycles. The zero-order valence-electron chi connectivity index (χ0n) is 13.9. The van der Waals surface area contributed by atoms with Crippen LogP contribution < -0.4 is 16.0 Å². The molecule has 0 unspecified atom stereocenters. The molecule has 0 saturated heterocycles. The van der Waals surface area contributed by atoms with Gasteiger partial charge in [-0.3, -0.25) is 0 Å². The van der Waals surface area contributed by atoms with Crippen molar-refractivity contribution in [3.63, 3.8) is 0 Å². The predicted octanol–water partition coefficient (Wildman–Crippen LogP) is 3.11. The van der Waals surface area contributed by atoms with Crippen LogP contribution in [0, 0.1) is 13.8 Å². The molecule has 22 heavy (non-hydrogen) atoms. The maximum absolute atomic E-state index is 11.5. The Labute approximate surface area is 137 Å². The molecule has 1 rings (SSSR count). The number of benzene rings is 1. The van der Waals surface area contributed by atoms with Gasteiger partial charge in [-0.1, -0.05) is 12.1 Å². The number of hydrogen-bond donors (Lipinski definition) is 3. The highest BCUT2D eigenvalue weighted by Crippen LogP contribution is 2.17. The molecule has 0 radical (unpaired) electrons. The number of carbonyl (C=O) groups excluding carboxylic acids is 1. The summed E-state index contributed by atoms with van der Waals surface area (Å²) >= 11 is 5.24. The molecule has 1 amide bonds. The lowest BCUT2D eigenvalue weighted by Gasteiger charge is -2.20. The number of ether oxygens (including phenoxy) is 1. The van der Waals surface area contributed by atoms with E-state index in [2.05, 4.69) is 28.9 Å². The average Bonchev–Trinajstić information content (AvgIpc) is 2.38. The van der Waals surface area contributed by atoms with Gasteiger partial charge in [0.15, 0.2) is 5.11 Å². The lowest BCUT2D eigenvalue weighted by molar-refractivity contribution is 0.0529. The lowest BCUT2D eigenvalue weighted by atomic mass is 10.1. The summed E-state index contributed by atoms with van der Waals surface area (Å²) in [5.74, 6) is 0. The SMILES string of the molecule is Cc1cccc(NC(=S)NCCNC(=O)OC(C)(C)C)c1C. The first-order chi connectivity index (χ1) is 10.2. The molecule has 0 aliphatic carbocycles. The van der Waals surface area contributed by atoms with Crippen LogP contribution in [-0.4, -0.2) is 29.9 Å². The van der Waals surface area contributed by atoms with E-state index in [0.717, 1.165) is 5.69 Å². The van der Waals surface area contributed by atoms with Crippen LogP contribution in [0.25, 0.3) is 0 Å². The average molecular weight is 323 g/mol. The van der Waals surface area contributed by atoms with E-state index >= 15 is 0 Å². The molecule has 0 aliphatic heterocycles. The highest BCUT2D eigenvalue weighted by molar-refractivity contribution is 7.80. The maximum Gasteiger partial charge on any atom is 0.407 e. The number of nitrogens with one attached hydrogen (secondary N) is 3. The van der Waals surface area contributed by atoms with Gasteiger partial charge in [0.05, 0.1) is 0 Å². The molecule has 3 N–H and O–H groups in total. The van der Waals surface area contributed by atoms with Gasteiger partial charge in [0.2, 0.25) is 0 Å². The number of amides is 1. The molecular formula is C16H25N3O2S. The van der Waals surface area contributed by atoms with Crippen LogP contribution >= 0.6 is 12.2 Å². The second kappa shape index (κ2) is 7.98. The van der Waals surface area contributed by atoms with Gasteiger partial charge in [-0.25, -0.2) is 4.79 Å². The molecule has 0 atom stereocenters. The zero-order valence-corrected chi connectivity index (χ0v) is 14.7. The van der Waals surface area contributed by atoms with Gasteiger partial charge in [-0.2, -0.15) is 0 Å². The van der Waals surface area contributed by atoms with E-state index in [4.69, 9.17) is 17.0 Å². The number of thiocarbonyl (C=S) groups is 1. The minimum Gasteiger partial charge on any atom is -0.444 e. The summed E-state index contributed by atoms with van der Waals surface area (Å²) < 4.78 is 5.14. The maximum atomic E-state index is 11.5. The molecule has 0 aromatic heterocycles. The van der Waals surface area contributed by atoms with Crippen molar-refractivity contribution in [3.8, 4) is 0 Å². The van der Waals surface area contributed by atoms with Crippen LogP contribution in [0.3, 0.4) is 0 Å². The van der Waals surface area contributed by atoms with Crippen molar-refractivity contribution in [2.75, 3.05) is 18.4 Å². The first-order valence-corrected chi connectivity index (χ1v) is 7.68. The number of anilines is 1. The van der Waals surface area contributed by atoms with E-state index in [1.54, 1.807) is 0 Å². The van der Waals surface area contributed by atoms with E-state index in [1.165, 1.54) is 11.1 Å². The van der Waals surface area contributed by atoms with E-state index in [0.29, 0.717) is 18.2 Å². The quantitative estimate of drug-likeness (QED) is 0.587. The molecular weight excluding hydrogens is 298 g/mol. The molecule has 6 heteroatoms. The van der Waals surface area contributed by atoms with Crippen molar-refractivity contribution in [1.29, 1.82) is 0 Å². The Kier molecular flexibility index (Phi) is 6.61. The second-order valence-electron chi connectivity index (χ2n) is 6.06. The van der Waals surface area contributed by atoms with Crippen molar-refractivity contribution >= 4 is 29.1 Å². The second-order valence-corrected chi connectivity index (χ2v) is 6.47. The standard InChI is InChI=1S/C16H25N3O2S/c1-11-7-6-8-13(12(11)2)19-14(22)17-9-10-18-15(20)21-16(3,4)5/h6-8H,9-10H2,1-5H3,(H,18,20)(H2,17,19,22). The third-order valence-corrected chi connectivity index (χ3v) is 3.18. The summed E-state index contributed by atoms with van der Waals surface area (Å²) in [6, 6.07) is 6.02. The van der Waals surface area contributed by atoms with Crippen molar-refractivity contribution in [2.24, 2.45) is 0 Å². The summed E-state index contributed by atoms with van der Waals surface area (Å²) in [6.07, 6.45) is -0.428. The van der Waals surface area contributed by atoms with Gasteiger partial charge in [0.25, 0.3) is 0 Å². The van der Waals surface area contributed by atoms with Crippen LogP contribution in [0.1, 0.15) is 31.9 Å². The number of alkyl carbamates (subject to hydrolysis) is 1. The number of carbonyl (C=O) groups is 1. The first kappa shape index (κ1) is 18.2. The highest BCUT2D eigenvalue weighted by atomic mass is 32.1. The van der Waals surface area contributed by atoms with Crippen LogP contribution in [0.4, 0.5) is 10.5 Å². The Balaban J connectivity index is 2.30. The van der Waals surface area contributed by atoms with Gasteiger partial charge in [0.1, 0.15) is 5.60 Å². The van der Waals surface area contributed by atoms with Crippen molar-refractivity contribution in [3.05, 3.63) is 29.3 Å². The highest BCUT2D eigenvalue weighted by Gasteiger charge is 2.15. The number of aryl methyl sites for hydroxylation is 1. The fraction of sp³-hybridized carbons (Fsp3) is 0.500. The predicted molar refractivity (Wildman–Crippen MR) is 94.4 cm³/mol. The molecule has 0 bridgehead atoms. The minimum atomic E-state index is -0.489.